The van der Waals surface area contributed by atoms with E-state index in [2.05, 4.69) is 0 Å². The van der Waals surface area contributed by atoms with Gasteiger partial charge in [0.2, 0.25) is 0 Å². The van der Waals surface area contributed by atoms with Crippen LogP contribution in [0.3, 0.4) is 0 Å². The van der Waals surface area contributed by atoms with E-state index in [-0.39, 0.29) is 6.42 Å². The van der Waals surface area contributed by atoms with Gasteiger partial charge in [-0.05, 0) is 0 Å². The Labute approximate surface area is 113 Å². The first-order valence-electron chi connectivity index (χ1n) is 6.48. The molecule has 1 rings (SSSR count). The Morgan fingerprint density at radius 3 is 2.00 bits per heavy atom. The van der Waals surface area contributed by atoms with Crippen LogP contribution in [0.2, 0.25) is 0 Å². The van der Waals surface area contributed by atoms with Crippen LogP contribution in [0.1, 0.15) is 20.3 Å². The fourth-order valence-corrected chi connectivity index (χ4v) is 7.41. The first-order chi connectivity index (χ1) is 8.97. The molecule has 0 aliphatic heterocycles. The van der Waals surface area contributed by atoms with Crippen LogP contribution in [0.15, 0.2) is 30.3 Å². The Morgan fingerprint density at radius 1 is 1.11 bits per heavy atom. The molecule has 0 aromatic heterocycles. The molecule has 0 heterocycles. The van der Waals surface area contributed by atoms with Gasteiger partial charge in [-0.1, -0.05) is 0 Å². The van der Waals surface area contributed by atoms with Crippen molar-refractivity contribution in [2.45, 2.75) is 25.9 Å². The van der Waals surface area contributed by atoms with Gasteiger partial charge in [-0.15, -0.1) is 0 Å². The predicted octanol–water partition coefficient (Wildman–Crippen LogP) is 2.03. The third kappa shape index (κ3) is 3.32. The van der Waals surface area contributed by atoms with Crippen LogP contribution in [0, 0.1) is 0 Å². The molecule has 0 saturated heterocycles. The predicted molar refractivity (Wildman–Crippen MR) is 79.1 cm³/mol. The van der Waals surface area contributed by atoms with Crippen LogP contribution in [0.25, 0.3) is 0 Å². The van der Waals surface area contributed by atoms with Gasteiger partial charge in [-0.3, -0.25) is 0 Å². The maximum atomic E-state index is 11.5. The molecule has 0 bridgehead atoms. The SMILES string of the molecule is CC[PH](CC)(c1ccccc1)C(CC(=O)O)C(=O)O. The second-order valence-corrected chi connectivity index (χ2v) is 9.72. The van der Waals surface area contributed by atoms with Crippen molar-refractivity contribution in [2.24, 2.45) is 0 Å². The molecule has 5 heteroatoms. The number of carbonyl (C=O) groups is 2. The van der Waals surface area contributed by atoms with E-state index in [4.69, 9.17) is 5.11 Å². The summed E-state index contributed by atoms with van der Waals surface area (Å²) < 4.78 is 0. The van der Waals surface area contributed by atoms with E-state index < -0.39 is 24.9 Å². The monoisotopic (exact) mass is 284 g/mol. The van der Waals surface area contributed by atoms with Crippen LogP contribution < -0.4 is 5.30 Å². The Bertz CT molecular complexity index is 440. The second kappa shape index (κ2) is 6.67. The molecular weight excluding hydrogens is 263 g/mol. The zero-order chi connectivity index (χ0) is 14.5. The summed E-state index contributed by atoms with van der Waals surface area (Å²) in [5, 5.41) is 19.5. The molecular formula is C14H21O4P. The Morgan fingerprint density at radius 2 is 1.63 bits per heavy atom. The van der Waals surface area contributed by atoms with Crippen molar-refractivity contribution in [3.8, 4) is 0 Å². The molecule has 0 spiro atoms. The summed E-state index contributed by atoms with van der Waals surface area (Å²) in [5.41, 5.74) is -0.776. The summed E-state index contributed by atoms with van der Waals surface area (Å²) >= 11 is 0. The third-order valence-electron chi connectivity index (χ3n) is 3.95. The molecule has 0 aliphatic carbocycles. The molecule has 19 heavy (non-hydrogen) atoms. The van der Waals surface area contributed by atoms with E-state index in [1.807, 2.05) is 44.2 Å². The molecule has 2 N–H and O–H groups in total. The van der Waals surface area contributed by atoms with Gasteiger partial charge < -0.3 is 0 Å². The minimum absolute atomic E-state index is 0.294. The molecule has 1 unspecified atom stereocenters. The van der Waals surface area contributed by atoms with Gasteiger partial charge in [-0.2, -0.15) is 0 Å². The van der Waals surface area contributed by atoms with Gasteiger partial charge in [0.05, 0.1) is 0 Å². The molecule has 1 aromatic carbocycles. The van der Waals surface area contributed by atoms with Gasteiger partial charge in [0.15, 0.2) is 0 Å². The van der Waals surface area contributed by atoms with Crippen molar-refractivity contribution in [3.63, 3.8) is 0 Å². The van der Waals surface area contributed by atoms with Gasteiger partial charge in [0.1, 0.15) is 0 Å². The van der Waals surface area contributed by atoms with E-state index in [0.29, 0.717) is 0 Å². The Hall–Kier alpha value is -1.41. The molecule has 0 radical (unpaired) electrons. The summed E-state index contributed by atoms with van der Waals surface area (Å²) in [6.45, 7) is 3.95. The van der Waals surface area contributed by atoms with Crippen molar-refractivity contribution >= 4 is 24.5 Å². The number of hydrogen-bond donors (Lipinski definition) is 2. The van der Waals surface area contributed by atoms with Gasteiger partial charge in [0, 0.05) is 0 Å². The summed E-state index contributed by atoms with van der Waals surface area (Å²) in [6.07, 6.45) is 1.17. The van der Waals surface area contributed by atoms with Crippen molar-refractivity contribution < 1.29 is 19.8 Å². The number of carboxylic acid groups (broad SMARTS) is 2. The summed E-state index contributed by atoms with van der Waals surface area (Å²) in [4.78, 5) is 22.5. The molecule has 0 saturated carbocycles. The summed E-state index contributed by atoms with van der Waals surface area (Å²) in [7, 11) is -2.36. The number of benzene rings is 1. The fourth-order valence-electron chi connectivity index (χ4n) is 2.82. The van der Waals surface area contributed by atoms with Crippen LogP contribution in [0.5, 0.6) is 0 Å². The zero-order valence-electron chi connectivity index (χ0n) is 11.3. The van der Waals surface area contributed by atoms with Gasteiger partial charge >= 0.3 is 113 Å². The van der Waals surface area contributed by atoms with E-state index in [9.17, 15) is 14.7 Å². The zero-order valence-corrected chi connectivity index (χ0v) is 12.3. The molecule has 0 amide bonds. The van der Waals surface area contributed by atoms with E-state index >= 15 is 0 Å². The summed E-state index contributed by atoms with van der Waals surface area (Å²) in [6, 6.07) is 9.55. The van der Waals surface area contributed by atoms with Crippen molar-refractivity contribution in [3.05, 3.63) is 30.3 Å². The molecule has 4 nitrogen and oxygen atoms in total. The first kappa shape index (κ1) is 15.6. The molecule has 0 fully saturated rings. The quantitative estimate of drug-likeness (QED) is 0.751. The first-order valence-corrected chi connectivity index (χ1v) is 8.97. The van der Waals surface area contributed by atoms with E-state index in [1.165, 1.54) is 0 Å². The second-order valence-electron chi connectivity index (χ2n) is 4.72. The molecule has 1 atom stereocenters. The molecule has 106 valence electrons. The number of aliphatic carboxylic acids is 2. The molecule has 1 aromatic rings. The van der Waals surface area contributed by atoms with Crippen molar-refractivity contribution in [1.29, 1.82) is 0 Å². The minimum atomic E-state index is -2.36. The van der Waals surface area contributed by atoms with Crippen LogP contribution in [-0.2, 0) is 9.59 Å². The van der Waals surface area contributed by atoms with E-state index in [1.54, 1.807) is 0 Å². The number of rotatable bonds is 7. The maximum absolute atomic E-state index is 11.5. The van der Waals surface area contributed by atoms with Crippen molar-refractivity contribution in [1.82, 2.24) is 0 Å². The summed E-state index contributed by atoms with van der Waals surface area (Å²) in [5.74, 6) is -2.02. The van der Waals surface area contributed by atoms with Crippen molar-refractivity contribution in [2.75, 3.05) is 12.3 Å². The van der Waals surface area contributed by atoms with Gasteiger partial charge in [0.25, 0.3) is 0 Å². The van der Waals surface area contributed by atoms with Crippen LogP contribution >= 0.6 is 7.26 Å². The fraction of sp³-hybridized carbons (Fsp3) is 0.429. The van der Waals surface area contributed by atoms with Crippen LogP contribution in [-0.4, -0.2) is 40.1 Å². The average Bonchev–Trinajstić information content (AvgIpc) is 2.40. The topological polar surface area (TPSA) is 74.6 Å². The number of carboxylic acids is 2. The normalized spacial score (nSPS) is 13.8. The Kier molecular flexibility index (Phi) is 5.49. The third-order valence-corrected chi connectivity index (χ3v) is 9.75. The van der Waals surface area contributed by atoms with E-state index in [0.717, 1.165) is 17.6 Å². The Balaban J connectivity index is 3.30. The van der Waals surface area contributed by atoms with Crippen LogP contribution in [0.4, 0.5) is 0 Å². The molecule has 0 aliphatic rings. The average molecular weight is 284 g/mol. The van der Waals surface area contributed by atoms with Gasteiger partial charge in [-0.25, -0.2) is 0 Å². The number of hydrogen-bond acceptors (Lipinski definition) is 2. The standard InChI is InChI=1S/C14H21O4P/c1-3-19(4-2,11-8-6-5-7-9-11)12(14(17)18)10-13(15)16/h5-9,12,19H,3-4,10H2,1-2H3,(H,15,16)(H,17,18).